The summed E-state index contributed by atoms with van der Waals surface area (Å²) in [6.07, 6.45) is 3.61. The van der Waals surface area contributed by atoms with Crippen LogP contribution >= 0.6 is 11.8 Å². The molecule has 1 aliphatic rings. The fourth-order valence-corrected chi connectivity index (χ4v) is 4.23. The van der Waals surface area contributed by atoms with E-state index in [2.05, 4.69) is 0 Å². The Hall–Kier alpha value is -3.85. The summed E-state index contributed by atoms with van der Waals surface area (Å²) in [5.41, 5.74) is 3.33. The smallest absolute Gasteiger partial charge is 0.293 e. The number of carbonyl (C=O) groups is 2. The number of carbonyl (C=O) groups excluding carboxylic acids is 2. The standard InChI is InChI=1S/C23H19N3O5S/c1-15-11-17(14-24(15)18-7-9-20(31-2)10-8-18)12-21-22(27)25(23(28)32-21)13-16-3-5-19(6-4-16)26(29)30/h3-12,14H,13H2,1-2H3/b21-12+. The van der Waals surface area contributed by atoms with Gasteiger partial charge in [-0.25, -0.2) is 0 Å². The van der Waals surface area contributed by atoms with Crippen molar-refractivity contribution in [1.82, 2.24) is 9.47 Å². The Balaban J connectivity index is 1.53. The Morgan fingerprint density at radius 2 is 1.78 bits per heavy atom. The van der Waals surface area contributed by atoms with E-state index >= 15 is 0 Å². The Morgan fingerprint density at radius 1 is 1.09 bits per heavy atom. The summed E-state index contributed by atoms with van der Waals surface area (Å²) in [4.78, 5) is 37.0. The third kappa shape index (κ3) is 4.28. The molecule has 1 aliphatic heterocycles. The van der Waals surface area contributed by atoms with Crippen LogP contribution < -0.4 is 4.74 Å². The zero-order valence-corrected chi connectivity index (χ0v) is 18.2. The van der Waals surface area contributed by atoms with Crippen molar-refractivity contribution in [3.8, 4) is 11.4 Å². The maximum Gasteiger partial charge on any atom is 0.293 e. The molecule has 162 valence electrons. The van der Waals surface area contributed by atoms with Crippen LogP contribution in [0, 0.1) is 17.0 Å². The Kier molecular flexibility index (Phi) is 5.83. The number of aromatic nitrogens is 1. The Morgan fingerprint density at radius 3 is 2.41 bits per heavy atom. The Bertz CT molecular complexity index is 1230. The number of non-ortho nitro benzene ring substituents is 1. The highest BCUT2D eigenvalue weighted by atomic mass is 32.2. The first-order chi connectivity index (χ1) is 15.4. The van der Waals surface area contributed by atoms with Crippen molar-refractivity contribution in [2.45, 2.75) is 13.5 Å². The van der Waals surface area contributed by atoms with Crippen LogP contribution in [0.2, 0.25) is 0 Å². The number of ether oxygens (including phenoxy) is 1. The molecule has 0 unspecified atom stereocenters. The predicted octanol–water partition coefficient (Wildman–Crippen LogP) is 4.94. The lowest BCUT2D eigenvalue weighted by atomic mass is 10.2. The fourth-order valence-electron chi connectivity index (χ4n) is 3.39. The molecular weight excluding hydrogens is 430 g/mol. The van der Waals surface area contributed by atoms with Crippen molar-refractivity contribution >= 4 is 34.7 Å². The zero-order valence-electron chi connectivity index (χ0n) is 17.3. The molecule has 0 bridgehead atoms. The third-order valence-corrected chi connectivity index (χ3v) is 5.95. The second kappa shape index (κ2) is 8.72. The molecule has 2 amide bonds. The minimum atomic E-state index is -0.493. The number of aryl methyl sites for hydroxylation is 1. The van der Waals surface area contributed by atoms with Gasteiger partial charge in [0.15, 0.2) is 0 Å². The number of nitrogens with zero attached hydrogens (tertiary/aromatic N) is 3. The zero-order chi connectivity index (χ0) is 22.8. The van der Waals surface area contributed by atoms with Gasteiger partial charge in [-0.1, -0.05) is 12.1 Å². The SMILES string of the molecule is COc1ccc(-n2cc(/C=C3/SC(=O)N(Cc4ccc([N+](=O)[O-])cc4)C3=O)cc2C)cc1. The highest BCUT2D eigenvalue weighted by Crippen LogP contribution is 2.34. The molecule has 2 aromatic carbocycles. The minimum absolute atomic E-state index is 0.0421. The van der Waals surface area contributed by atoms with Gasteiger partial charge in [-0.2, -0.15) is 0 Å². The van der Waals surface area contributed by atoms with Crippen LogP contribution in [-0.2, 0) is 11.3 Å². The molecule has 0 saturated carbocycles. The van der Waals surface area contributed by atoms with Crippen molar-refractivity contribution in [3.05, 3.63) is 92.6 Å². The summed E-state index contributed by atoms with van der Waals surface area (Å²) >= 11 is 0.884. The van der Waals surface area contributed by atoms with E-state index in [-0.39, 0.29) is 23.4 Å². The third-order valence-electron chi connectivity index (χ3n) is 5.04. The molecule has 4 rings (SSSR count). The topological polar surface area (TPSA) is 94.7 Å². The largest absolute Gasteiger partial charge is 0.497 e. The lowest BCUT2D eigenvalue weighted by Gasteiger charge is -2.12. The second-order valence-corrected chi connectivity index (χ2v) is 8.17. The van der Waals surface area contributed by atoms with Crippen molar-refractivity contribution in [2.24, 2.45) is 0 Å². The van der Waals surface area contributed by atoms with Gasteiger partial charge >= 0.3 is 0 Å². The van der Waals surface area contributed by atoms with Crippen molar-refractivity contribution in [3.63, 3.8) is 0 Å². The average Bonchev–Trinajstić information content (AvgIpc) is 3.28. The number of hydrogen-bond acceptors (Lipinski definition) is 6. The summed E-state index contributed by atoms with van der Waals surface area (Å²) in [7, 11) is 1.61. The number of imide groups is 1. The number of methoxy groups -OCH3 is 1. The molecular formula is C23H19N3O5S. The molecule has 2 heterocycles. The normalized spacial score (nSPS) is 14.9. The van der Waals surface area contributed by atoms with Crippen LogP contribution in [0.5, 0.6) is 5.75 Å². The number of hydrogen-bond donors (Lipinski definition) is 0. The molecule has 1 aromatic heterocycles. The van der Waals surface area contributed by atoms with Crippen LogP contribution in [0.1, 0.15) is 16.8 Å². The van der Waals surface area contributed by atoms with Gasteiger partial charge in [0.1, 0.15) is 5.75 Å². The van der Waals surface area contributed by atoms with Crippen LogP contribution in [0.4, 0.5) is 10.5 Å². The molecule has 0 aliphatic carbocycles. The molecule has 0 spiro atoms. The summed E-state index contributed by atoms with van der Waals surface area (Å²) in [5.74, 6) is 0.383. The van der Waals surface area contributed by atoms with Gasteiger partial charge in [-0.15, -0.1) is 0 Å². The summed E-state index contributed by atoms with van der Waals surface area (Å²) < 4.78 is 7.19. The van der Waals surface area contributed by atoms with Gasteiger partial charge in [0.25, 0.3) is 16.8 Å². The van der Waals surface area contributed by atoms with Gasteiger partial charge in [-0.3, -0.25) is 24.6 Å². The molecule has 1 saturated heterocycles. The van der Waals surface area contributed by atoms with Gasteiger partial charge in [0.2, 0.25) is 0 Å². The number of nitro benzene ring substituents is 1. The van der Waals surface area contributed by atoms with Gasteiger partial charge in [0.05, 0.1) is 23.5 Å². The highest BCUT2D eigenvalue weighted by molar-refractivity contribution is 8.18. The van der Waals surface area contributed by atoms with Crippen molar-refractivity contribution in [1.29, 1.82) is 0 Å². The minimum Gasteiger partial charge on any atom is -0.497 e. The molecule has 0 radical (unpaired) electrons. The van der Waals surface area contributed by atoms with Crippen molar-refractivity contribution < 1.29 is 19.2 Å². The van der Waals surface area contributed by atoms with Crippen LogP contribution in [0.15, 0.2) is 65.7 Å². The number of rotatable bonds is 6. The van der Waals surface area contributed by atoms with Gasteiger partial charge < -0.3 is 9.30 Å². The lowest BCUT2D eigenvalue weighted by molar-refractivity contribution is -0.384. The fraction of sp³-hybridized carbons (Fsp3) is 0.130. The van der Waals surface area contributed by atoms with Gasteiger partial charge in [-0.05, 0) is 66.2 Å². The van der Waals surface area contributed by atoms with E-state index in [1.54, 1.807) is 25.3 Å². The number of thioether (sulfide) groups is 1. The van der Waals surface area contributed by atoms with Crippen LogP contribution in [0.3, 0.4) is 0 Å². The molecule has 1 fully saturated rings. The molecule has 3 aromatic rings. The van der Waals surface area contributed by atoms with Crippen LogP contribution in [-0.4, -0.2) is 32.6 Å². The van der Waals surface area contributed by atoms with Gasteiger partial charge in [0, 0.05) is 29.7 Å². The summed E-state index contributed by atoms with van der Waals surface area (Å²) in [6, 6.07) is 15.4. The highest BCUT2D eigenvalue weighted by Gasteiger charge is 2.35. The van der Waals surface area contributed by atoms with E-state index in [0.29, 0.717) is 10.5 Å². The number of benzene rings is 2. The van der Waals surface area contributed by atoms with Crippen molar-refractivity contribution in [2.75, 3.05) is 7.11 Å². The van der Waals surface area contributed by atoms with E-state index in [4.69, 9.17) is 4.74 Å². The number of nitro groups is 1. The quantitative estimate of drug-likeness (QED) is 0.301. The molecule has 0 N–H and O–H groups in total. The molecule has 0 atom stereocenters. The Labute approximate surface area is 188 Å². The second-order valence-electron chi connectivity index (χ2n) is 7.17. The molecule has 9 heteroatoms. The van der Waals surface area contributed by atoms with Crippen LogP contribution in [0.25, 0.3) is 11.8 Å². The molecule has 32 heavy (non-hydrogen) atoms. The van der Waals surface area contributed by atoms with E-state index in [0.717, 1.165) is 39.4 Å². The lowest BCUT2D eigenvalue weighted by Crippen LogP contribution is -2.27. The summed E-state index contributed by atoms with van der Waals surface area (Å²) in [5, 5.41) is 10.4. The maximum atomic E-state index is 12.8. The summed E-state index contributed by atoms with van der Waals surface area (Å²) in [6.45, 7) is 2.02. The first-order valence-corrected chi connectivity index (χ1v) is 10.5. The van der Waals surface area contributed by atoms with E-state index in [9.17, 15) is 19.7 Å². The molecule has 8 nitrogen and oxygen atoms in total. The number of amides is 2. The monoisotopic (exact) mass is 449 g/mol. The first kappa shape index (κ1) is 21.4. The van der Waals surface area contributed by atoms with E-state index in [1.165, 1.54) is 12.1 Å². The predicted molar refractivity (Wildman–Crippen MR) is 122 cm³/mol. The maximum absolute atomic E-state index is 12.8. The first-order valence-electron chi connectivity index (χ1n) is 9.68. The van der Waals surface area contributed by atoms with E-state index in [1.807, 2.05) is 48.0 Å². The average molecular weight is 449 g/mol. The van der Waals surface area contributed by atoms with E-state index < -0.39 is 4.92 Å².